The molecule has 1 amide bonds. The largest absolute Gasteiger partial charge is 0.387 e. The molecule has 0 saturated heterocycles. The number of carbonyl (C=O) groups excluding carboxylic acids is 1. The van der Waals surface area contributed by atoms with Gasteiger partial charge in [0, 0.05) is 42.5 Å². The van der Waals surface area contributed by atoms with Gasteiger partial charge in [-0.2, -0.15) is 5.10 Å². The summed E-state index contributed by atoms with van der Waals surface area (Å²) < 4.78 is 30.5. The summed E-state index contributed by atoms with van der Waals surface area (Å²) in [5.41, 5.74) is 3.10. The number of aliphatic hydroxyl groups excluding tert-OH is 1. The third kappa shape index (κ3) is 5.14. The zero-order valence-corrected chi connectivity index (χ0v) is 19.6. The van der Waals surface area contributed by atoms with Crippen LogP contribution in [0.3, 0.4) is 0 Å². The van der Waals surface area contributed by atoms with Crippen molar-refractivity contribution in [2.75, 3.05) is 17.2 Å². The van der Waals surface area contributed by atoms with Crippen LogP contribution in [0.25, 0.3) is 16.9 Å². The summed E-state index contributed by atoms with van der Waals surface area (Å²) in [7, 11) is 0. The Morgan fingerprint density at radius 3 is 2.81 bits per heavy atom. The number of imidazole rings is 1. The molecule has 0 aliphatic carbocycles. The lowest BCUT2D eigenvalue weighted by molar-refractivity contribution is -0.116. The summed E-state index contributed by atoms with van der Waals surface area (Å²) in [4.78, 5) is 25.4. The second kappa shape index (κ2) is 10.1. The Morgan fingerprint density at radius 1 is 1.14 bits per heavy atom. The molecule has 1 aromatic carbocycles. The fraction of sp³-hybridized carbons (Fsp3) is 0.160. The number of carbonyl (C=O) groups is 1. The van der Waals surface area contributed by atoms with Crippen LogP contribution in [-0.2, 0) is 11.3 Å². The Morgan fingerprint density at radius 2 is 2.00 bits per heavy atom. The van der Waals surface area contributed by atoms with Gasteiger partial charge in [-0.15, -0.1) is 0 Å². The quantitative estimate of drug-likeness (QED) is 0.296. The second-order valence-electron chi connectivity index (χ2n) is 8.33. The first kappa shape index (κ1) is 24.0. The predicted molar refractivity (Wildman–Crippen MR) is 132 cm³/mol. The molecule has 0 aliphatic heterocycles. The van der Waals surface area contributed by atoms with Gasteiger partial charge in [0.05, 0.1) is 35.6 Å². The summed E-state index contributed by atoms with van der Waals surface area (Å²) in [6, 6.07) is 7.11. The van der Waals surface area contributed by atoms with E-state index in [-0.39, 0.29) is 18.8 Å². The molecule has 5 rings (SSSR count). The molecule has 5 aromatic rings. The minimum atomic E-state index is -1.12. The molecular formula is C25H22F2N8O2. The highest BCUT2D eigenvalue weighted by Crippen LogP contribution is 2.25. The van der Waals surface area contributed by atoms with Crippen LogP contribution in [0.15, 0.2) is 67.5 Å². The second-order valence-corrected chi connectivity index (χ2v) is 8.33. The zero-order valence-electron chi connectivity index (χ0n) is 19.6. The molecule has 4 heterocycles. The van der Waals surface area contributed by atoms with Crippen molar-refractivity contribution < 1.29 is 18.7 Å². The van der Waals surface area contributed by atoms with E-state index >= 15 is 0 Å². The fourth-order valence-corrected chi connectivity index (χ4v) is 3.84. The number of fused-ring (bicyclic) bond motifs is 1. The number of halogens is 2. The fourth-order valence-electron chi connectivity index (χ4n) is 3.84. The van der Waals surface area contributed by atoms with Gasteiger partial charge in [-0.25, -0.2) is 18.7 Å². The third-order valence-electron chi connectivity index (χ3n) is 5.61. The average molecular weight is 505 g/mol. The molecule has 12 heteroatoms. The third-order valence-corrected chi connectivity index (χ3v) is 5.61. The Kier molecular flexibility index (Phi) is 6.56. The maximum absolute atomic E-state index is 13.8. The van der Waals surface area contributed by atoms with Gasteiger partial charge in [0.1, 0.15) is 6.54 Å². The lowest BCUT2D eigenvalue weighted by Gasteiger charge is -2.13. The minimum absolute atomic E-state index is 0.202. The summed E-state index contributed by atoms with van der Waals surface area (Å²) in [6.07, 6.45) is 9.16. The van der Waals surface area contributed by atoms with E-state index in [4.69, 9.17) is 0 Å². The summed E-state index contributed by atoms with van der Waals surface area (Å²) in [5, 5.41) is 20.2. The number of nitrogens with zero attached hydrogens (tertiary/aromatic N) is 6. The lowest BCUT2D eigenvalue weighted by atomic mass is 10.1. The van der Waals surface area contributed by atoms with Gasteiger partial charge in [0.15, 0.2) is 23.1 Å². The smallest absolute Gasteiger partial charge is 0.246 e. The standard InChI is InChI=1S/C25H22F2N8O2/c1-15-12-35-20(10-30-25(35)24(32-15)29-11-21(36)16-4-3-7-28-8-16)17-9-31-34(13-17)14-22(37)33-19-6-2-5-18(26)23(19)27/h2-10,12-13,21,36H,11,14H2,1H3,(H,29,32)(H,33,37). The van der Waals surface area contributed by atoms with E-state index in [2.05, 4.69) is 30.7 Å². The molecule has 0 fully saturated rings. The predicted octanol–water partition coefficient (Wildman–Crippen LogP) is 3.36. The van der Waals surface area contributed by atoms with Crippen molar-refractivity contribution >= 4 is 23.1 Å². The number of rotatable bonds is 8. The molecule has 188 valence electrons. The van der Waals surface area contributed by atoms with Crippen molar-refractivity contribution in [2.24, 2.45) is 0 Å². The van der Waals surface area contributed by atoms with Crippen LogP contribution >= 0.6 is 0 Å². The normalized spacial score (nSPS) is 12.0. The molecule has 4 aromatic heterocycles. The highest BCUT2D eigenvalue weighted by molar-refractivity contribution is 5.90. The molecular weight excluding hydrogens is 482 g/mol. The van der Waals surface area contributed by atoms with E-state index in [0.29, 0.717) is 34.0 Å². The number of hydrogen-bond donors (Lipinski definition) is 3. The van der Waals surface area contributed by atoms with Gasteiger partial charge in [-0.1, -0.05) is 12.1 Å². The van der Waals surface area contributed by atoms with E-state index in [1.54, 1.807) is 43.1 Å². The van der Waals surface area contributed by atoms with Crippen LogP contribution in [0, 0.1) is 18.6 Å². The summed E-state index contributed by atoms with van der Waals surface area (Å²) in [6.45, 7) is 1.84. The molecule has 1 unspecified atom stereocenters. The van der Waals surface area contributed by atoms with E-state index in [1.165, 1.54) is 16.8 Å². The Balaban J connectivity index is 1.32. The van der Waals surface area contributed by atoms with E-state index in [1.807, 2.05) is 17.5 Å². The van der Waals surface area contributed by atoms with Gasteiger partial charge in [-0.05, 0) is 25.1 Å². The maximum Gasteiger partial charge on any atom is 0.246 e. The highest BCUT2D eigenvalue weighted by Gasteiger charge is 2.16. The maximum atomic E-state index is 13.8. The van der Waals surface area contributed by atoms with Crippen LogP contribution in [0.4, 0.5) is 20.3 Å². The summed E-state index contributed by atoms with van der Waals surface area (Å²) in [5.74, 6) is -2.23. The highest BCUT2D eigenvalue weighted by atomic mass is 19.2. The number of pyridine rings is 1. The Labute approximate surface area is 209 Å². The van der Waals surface area contributed by atoms with Crippen LogP contribution in [-0.4, -0.2) is 46.7 Å². The molecule has 3 N–H and O–H groups in total. The van der Waals surface area contributed by atoms with Crippen molar-refractivity contribution in [3.05, 3.63) is 90.4 Å². The Hall–Kier alpha value is -4.71. The van der Waals surface area contributed by atoms with Gasteiger partial charge in [0.2, 0.25) is 5.91 Å². The van der Waals surface area contributed by atoms with Gasteiger partial charge in [0.25, 0.3) is 0 Å². The van der Waals surface area contributed by atoms with Crippen LogP contribution in [0.2, 0.25) is 0 Å². The monoisotopic (exact) mass is 504 g/mol. The van der Waals surface area contributed by atoms with Gasteiger partial charge in [-0.3, -0.25) is 18.9 Å². The van der Waals surface area contributed by atoms with E-state index in [0.717, 1.165) is 6.07 Å². The molecule has 37 heavy (non-hydrogen) atoms. The molecule has 0 radical (unpaired) electrons. The molecule has 0 saturated carbocycles. The van der Waals surface area contributed by atoms with Gasteiger partial charge >= 0.3 is 0 Å². The number of amides is 1. The number of aryl methyl sites for hydroxylation is 1. The number of aliphatic hydroxyl groups is 1. The van der Waals surface area contributed by atoms with Crippen molar-refractivity contribution in [1.29, 1.82) is 0 Å². The number of nitrogens with one attached hydrogen (secondary N) is 2. The molecule has 0 spiro atoms. The van der Waals surface area contributed by atoms with Crippen molar-refractivity contribution in [3.63, 3.8) is 0 Å². The number of anilines is 2. The molecule has 0 bridgehead atoms. The summed E-state index contributed by atoms with van der Waals surface area (Å²) >= 11 is 0. The SMILES string of the molecule is Cc1cn2c(-c3cnn(CC(=O)Nc4cccc(F)c4F)c3)cnc2c(NCC(O)c2cccnc2)n1. The van der Waals surface area contributed by atoms with E-state index < -0.39 is 23.6 Å². The molecule has 10 nitrogen and oxygen atoms in total. The topological polar surface area (TPSA) is 122 Å². The van der Waals surface area contributed by atoms with Crippen molar-refractivity contribution in [3.8, 4) is 11.3 Å². The van der Waals surface area contributed by atoms with Crippen LogP contribution in [0.5, 0.6) is 0 Å². The number of hydrogen-bond acceptors (Lipinski definition) is 7. The Bertz CT molecular complexity index is 1570. The van der Waals surface area contributed by atoms with E-state index in [9.17, 15) is 18.7 Å². The number of benzene rings is 1. The first-order valence-corrected chi connectivity index (χ1v) is 11.3. The molecule has 0 aliphatic rings. The van der Waals surface area contributed by atoms with Gasteiger partial charge < -0.3 is 15.7 Å². The minimum Gasteiger partial charge on any atom is -0.387 e. The van der Waals surface area contributed by atoms with Crippen LogP contribution < -0.4 is 10.6 Å². The lowest BCUT2D eigenvalue weighted by Crippen LogP contribution is -2.19. The van der Waals surface area contributed by atoms with Crippen LogP contribution in [0.1, 0.15) is 17.4 Å². The molecule has 1 atom stereocenters. The zero-order chi connectivity index (χ0) is 25.9. The van der Waals surface area contributed by atoms with Crippen molar-refractivity contribution in [2.45, 2.75) is 19.6 Å². The average Bonchev–Trinajstić information content (AvgIpc) is 3.52. The first-order valence-electron chi connectivity index (χ1n) is 11.3. The number of aromatic nitrogens is 6. The van der Waals surface area contributed by atoms with Crippen molar-refractivity contribution in [1.82, 2.24) is 29.1 Å². The first-order chi connectivity index (χ1) is 17.9.